The fourth-order valence-corrected chi connectivity index (χ4v) is 3.54. The molecule has 2 aromatic carbocycles. The van der Waals surface area contributed by atoms with Crippen LogP contribution in [0.2, 0.25) is 0 Å². The van der Waals surface area contributed by atoms with Crippen LogP contribution in [0.4, 0.5) is 5.69 Å². The molecule has 7 nitrogen and oxygen atoms in total. The summed E-state index contributed by atoms with van der Waals surface area (Å²) in [4.78, 5) is 24.7. The van der Waals surface area contributed by atoms with Gasteiger partial charge >= 0.3 is 5.63 Å². The number of hydrogen-bond donors (Lipinski definition) is 2. The third-order valence-electron chi connectivity index (χ3n) is 4.90. The van der Waals surface area contributed by atoms with Gasteiger partial charge in [-0.2, -0.15) is 5.26 Å². The van der Waals surface area contributed by atoms with E-state index in [1.807, 2.05) is 6.07 Å². The van der Waals surface area contributed by atoms with E-state index in [0.717, 1.165) is 4.47 Å². The van der Waals surface area contributed by atoms with E-state index < -0.39 is 5.63 Å². The predicted molar refractivity (Wildman–Crippen MR) is 118 cm³/mol. The first kappa shape index (κ1) is 20.4. The summed E-state index contributed by atoms with van der Waals surface area (Å²) >= 11 is 3.30. The van der Waals surface area contributed by atoms with Gasteiger partial charge in [0.1, 0.15) is 17.4 Å². The second-order valence-corrected chi connectivity index (χ2v) is 7.85. The minimum atomic E-state index is -0.651. The molecule has 0 unspecified atom stereocenters. The number of hydrogen-bond acceptors (Lipinski definition) is 6. The fraction of sp³-hybridized carbons (Fsp3) is 0.0870. The lowest BCUT2D eigenvalue weighted by Gasteiger charge is -2.07. The topological polar surface area (TPSA) is 116 Å². The molecule has 0 aliphatic heterocycles. The van der Waals surface area contributed by atoms with E-state index in [1.54, 1.807) is 49.4 Å². The third kappa shape index (κ3) is 3.71. The van der Waals surface area contributed by atoms with Gasteiger partial charge in [0.05, 0.1) is 16.8 Å². The second kappa shape index (κ2) is 7.78. The van der Waals surface area contributed by atoms with E-state index in [9.17, 15) is 20.0 Å². The fourth-order valence-electron chi connectivity index (χ4n) is 3.18. The Kier molecular flexibility index (Phi) is 5.13. The predicted octanol–water partition coefficient (Wildman–Crippen LogP) is 5.26. The summed E-state index contributed by atoms with van der Waals surface area (Å²) in [5, 5.41) is 22.8. The maximum absolute atomic E-state index is 12.7. The van der Waals surface area contributed by atoms with Gasteiger partial charge in [-0.3, -0.25) is 4.79 Å². The van der Waals surface area contributed by atoms with Crippen LogP contribution in [0.5, 0.6) is 5.75 Å². The molecule has 2 aromatic heterocycles. The van der Waals surface area contributed by atoms with Gasteiger partial charge in [-0.05, 0) is 56.3 Å². The number of rotatable bonds is 3. The Labute approximate surface area is 184 Å². The van der Waals surface area contributed by atoms with Gasteiger partial charge in [0.15, 0.2) is 11.5 Å². The molecule has 2 heterocycles. The number of benzene rings is 2. The number of aromatic hydroxyl groups is 1. The highest BCUT2D eigenvalue weighted by Gasteiger charge is 2.19. The monoisotopic (exact) mass is 478 g/mol. The van der Waals surface area contributed by atoms with Crippen LogP contribution < -0.4 is 10.9 Å². The van der Waals surface area contributed by atoms with Crippen molar-refractivity contribution in [3.8, 4) is 23.3 Å². The zero-order valence-electron chi connectivity index (χ0n) is 16.4. The molecule has 0 saturated carbocycles. The minimum absolute atomic E-state index is 0.126. The van der Waals surface area contributed by atoms with Gasteiger partial charge in [0.2, 0.25) is 0 Å². The standard InChI is InChI=1S/C23H15BrN2O5/c1-11-20(27)12(2)23(29)31-21(11)19-9-14-7-13(3-6-18(14)30-19)22(28)26-17-5-4-16(24)8-15(17)10-25/h3-9,27H,1-2H3,(H,26,28). The van der Waals surface area contributed by atoms with E-state index in [-0.39, 0.29) is 28.7 Å². The van der Waals surface area contributed by atoms with E-state index >= 15 is 0 Å². The van der Waals surface area contributed by atoms with Gasteiger partial charge in [0, 0.05) is 21.0 Å². The number of fused-ring (bicyclic) bond motifs is 1. The quantitative estimate of drug-likeness (QED) is 0.414. The zero-order valence-corrected chi connectivity index (χ0v) is 18.0. The van der Waals surface area contributed by atoms with Crippen molar-refractivity contribution in [2.75, 3.05) is 5.32 Å². The molecule has 0 saturated heterocycles. The highest BCUT2D eigenvalue weighted by atomic mass is 79.9. The van der Waals surface area contributed by atoms with E-state index in [4.69, 9.17) is 8.83 Å². The van der Waals surface area contributed by atoms with Gasteiger partial charge in [0.25, 0.3) is 5.91 Å². The van der Waals surface area contributed by atoms with Crippen molar-refractivity contribution in [1.29, 1.82) is 5.26 Å². The summed E-state index contributed by atoms with van der Waals surface area (Å²) in [6, 6.07) is 13.5. The van der Waals surface area contributed by atoms with Crippen molar-refractivity contribution in [1.82, 2.24) is 0 Å². The summed E-state index contributed by atoms with van der Waals surface area (Å²) in [7, 11) is 0. The van der Waals surface area contributed by atoms with Crippen LogP contribution in [0.1, 0.15) is 27.0 Å². The molecule has 0 bridgehead atoms. The molecule has 4 aromatic rings. The van der Waals surface area contributed by atoms with Crippen molar-refractivity contribution >= 4 is 38.5 Å². The molecule has 1 amide bonds. The van der Waals surface area contributed by atoms with Crippen LogP contribution in [0.3, 0.4) is 0 Å². The molecule has 31 heavy (non-hydrogen) atoms. The van der Waals surface area contributed by atoms with Crippen LogP contribution in [-0.4, -0.2) is 11.0 Å². The Morgan fingerprint density at radius 1 is 1.10 bits per heavy atom. The Morgan fingerprint density at radius 2 is 1.87 bits per heavy atom. The number of nitrogens with zero attached hydrogens (tertiary/aromatic N) is 1. The molecule has 0 aliphatic carbocycles. The molecule has 0 fully saturated rings. The molecule has 4 rings (SSSR count). The van der Waals surface area contributed by atoms with Crippen molar-refractivity contribution in [3.63, 3.8) is 0 Å². The lowest BCUT2D eigenvalue weighted by Crippen LogP contribution is -2.12. The summed E-state index contributed by atoms with van der Waals surface area (Å²) in [6.45, 7) is 3.10. The smallest absolute Gasteiger partial charge is 0.343 e. The summed E-state index contributed by atoms with van der Waals surface area (Å²) in [5.41, 5.74) is 1.43. The van der Waals surface area contributed by atoms with Crippen molar-refractivity contribution in [2.45, 2.75) is 13.8 Å². The van der Waals surface area contributed by atoms with Gasteiger partial charge in [-0.1, -0.05) is 15.9 Å². The van der Waals surface area contributed by atoms with Crippen LogP contribution in [-0.2, 0) is 0 Å². The van der Waals surface area contributed by atoms with Gasteiger partial charge in [-0.25, -0.2) is 4.79 Å². The van der Waals surface area contributed by atoms with Gasteiger partial charge < -0.3 is 19.3 Å². The summed E-state index contributed by atoms with van der Waals surface area (Å²) < 4.78 is 11.8. The first-order valence-corrected chi connectivity index (χ1v) is 9.96. The van der Waals surface area contributed by atoms with E-state index in [2.05, 4.69) is 21.2 Å². The normalized spacial score (nSPS) is 10.8. The number of anilines is 1. The Bertz CT molecular complexity index is 1460. The Morgan fingerprint density at radius 3 is 2.61 bits per heavy atom. The molecule has 8 heteroatoms. The number of amides is 1. The summed E-state index contributed by atoms with van der Waals surface area (Å²) in [5.74, 6) is -0.144. The number of carbonyl (C=O) groups excluding carboxylic acids is 1. The second-order valence-electron chi connectivity index (χ2n) is 6.94. The van der Waals surface area contributed by atoms with Crippen molar-refractivity contribution in [2.24, 2.45) is 0 Å². The van der Waals surface area contributed by atoms with E-state index in [1.165, 1.54) is 6.92 Å². The van der Waals surface area contributed by atoms with Crippen LogP contribution in [0.25, 0.3) is 22.5 Å². The number of nitriles is 1. The maximum atomic E-state index is 12.7. The van der Waals surface area contributed by atoms with Gasteiger partial charge in [-0.15, -0.1) is 0 Å². The van der Waals surface area contributed by atoms with E-state index in [0.29, 0.717) is 33.3 Å². The molecule has 0 atom stereocenters. The lowest BCUT2D eigenvalue weighted by molar-refractivity contribution is 0.102. The number of carbonyl (C=O) groups is 1. The first-order chi connectivity index (χ1) is 14.8. The van der Waals surface area contributed by atoms with Crippen LogP contribution in [0, 0.1) is 25.2 Å². The zero-order chi connectivity index (χ0) is 22.3. The highest BCUT2D eigenvalue weighted by Crippen LogP contribution is 2.34. The molecule has 0 radical (unpaired) electrons. The summed E-state index contributed by atoms with van der Waals surface area (Å²) in [6.07, 6.45) is 0. The van der Waals surface area contributed by atoms with Crippen LogP contribution >= 0.6 is 15.9 Å². The number of nitrogens with one attached hydrogen (secondary N) is 1. The third-order valence-corrected chi connectivity index (χ3v) is 5.40. The molecule has 154 valence electrons. The number of furan rings is 1. The minimum Gasteiger partial charge on any atom is -0.507 e. The largest absolute Gasteiger partial charge is 0.507 e. The lowest BCUT2D eigenvalue weighted by atomic mass is 10.1. The molecule has 0 aliphatic rings. The first-order valence-electron chi connectivity index (χ1n) is 9.16. The average molecular weight is 479 g/mol. The molecule has 2 N–H and O–H groups in total. The molecule has 0 spiro atoms. The number of halogens is 1. The van der Waals surface area contributed by atoms with Crippen LogP contribution in [0.15, 0.2) is 60.6 Å². The Hall–Kier alpha value is -3.83. The SMILES string of the molecule is Cc1c(-c2cc3cc(C(=O)Nc4ccc(Br)cc4C#N)ccc3o2)oc(=O)c(C)c1O. The average Bonchev–Trinajstić information content (AvgIpc) is 3.18. The van der Waals surface area contributed by atoms with Crippen molar-refractivity contribution in [3.05, 3.63) is 79.6 Å². The Balaban J connectivity index is 1.70. The van der Waals surface area contributed by atoms with Crippen molar-refractivity contribution < 1.29 is 18.7 Å². The maximum Gasteiger partial charge on any atom is 0.343 e. The highest BCUT2D eigenvalue weighted by molar-refractivity contribution is 9.10. The molecular weight excluding hydrogens is 464 g/mol. The molecular formula is C23H15BrN2O5.